The van der Waals surface area contributed by atoms with Crippen LogP contribution in [0.25, 0.3) is 11.0 Å². The fraction of sp³-hybridized carbons (Fsp3) is 0.400. The van der Waals surface area contributed by atoms with Gasteiger partial charge >= 0.3 is 0 Å². The van der Waals surface area contributed by atoms with Gasteiger partial charge in [-0.05, 0) is 32.9 Å². The number of rotatable bonds is 4. The lowest BCUT2D eigenvalue weighted by molar-refractivity contribution is -0.124. The van der Waals surface area contributed by atoms with E-state index in [1.165, 1.54) is 0 Å². The lowest BCUT2D eigenvalue weighted by atomic mass is 10.2. The van der Waals surface area contributed by atoms with Crippen LogP contribution in [-0.2, 0) is 11.2 Å². The molecule has 1 amide bonds. The van der Waals surface area contributed by atoms with Gasteiger partial charge in [-0.25, -0.2) is 4.98 Å². The van der Waals surface area contributed by atoms with E-state index >= 15 is 0 Å². The summed E-state index contributed by atoms with van der Waals surface area (Å²) in [5, 5.41) is 11.8. The number of nitrogens with one attached hydrogen (secondary N) is 1. The number of carbonyl (C=O) groups excluding carboxylic acids is 1. The average Bonchev–Trinajstić information content (AvgIpc) is 2.75. The van der Waals surface area contributed by atoms with Crippen molar-refractivity contribution >= 4 is 16.9 Å². The van der Waals surface area contributed by atoms with E-state index in [2.05, 4.69) is 16.4 Å². The van der Waals surface area contributed by atoms with E-state index in [-0.39, 0.29) is 18.4 Å². The Balaban J connectivity index is 2.48. The Morgan fingerprint density at radius 2 is 2.10 bits per heavy atom. The van der Waals surface area contributed by atoms with Gasteiger partial charge in [-0.3, -0.25) is 4.79 Å². The maximum atomic E-state index is 12.2. The minimum Gasteiger partial charge on any atom is -0.352 e. The van der Waals surface area contributed by atoms with Crippen molar-refractivity contribution in [1.82, 2.24) is 14.9 Å². The van der Waals surface area contributed by atoms with E-state index in [1.54, 1.807) is 0 Å². The Labute approximate surface area is 118 Å². The van der Waals surface area contributed by atoms with E-state index in [0.29, 0.717) is 5.82 Å². The molecule has 1 aromatic carbocycles. The van der Waals surface area contributed by atoms with Crippen LogP contribution in [0.1, 0.15) is 32.6 Å². The van der Waals surface area contributed by atoms with E-state index in [1.807, 2.05) is 49.6 Å². The Hall–Kier alpha value is -2.35. The number of aromatic nitrogens is 2. The summed E-state index contributed by atoms with van der Waals surface area (Å²) in [7, 11) is 0. The molecule has 2 aromatic rings. The molecule has 1 heterocycles. The van der Waals surface area contributed by atoms with Crippen molar-refractivity contribution in [2.24, 2.45) is 0 Å². The molecule has 1 aromatic heterocycles. The van der Waals surface area contributed by atoms with E-state index < -0.39 is 6.04 Å². The van der Waals surface area contributed by atoms with Crippen LogP contribution in [0.5, 0.6) is 0 Å². The second-order valence-corrected chi connectivity index (χ2v) is 5.06. The van der Waals surface area contributed by atoms with Crippen molar-refractivity contribution in [1.29, 1.82) is 5.26 Å². The fourth-order valence-electron chi connectivity index (χ4n) is 2.24. The van der Waals surface area contributed by atoms with E-state index in [4.69, 9.17) is 5.26 Å². The summed E-state index contributed by atoms with van der Waals surface area (Å²) in [6.45, 7) is 5.67. The van der Waals surface area contributed by atoms with Crippen LogP contribution < -0.4 is 5.32 Å². The first kappa shape index (κ1) is 14.1. The summed E-state index contributed by atoms with van der Waals surface area (Å²) in [5.41, 5.74) is 1.69. The van der Waals surface area contributed by atoms with Crippen molar-refractivity contribution in [3.8, 4) is 6.07 Å². The fourth-order valence-corrected chi connectivity index (χ4v) is 2.24. The molecule has 1 unspecified atom stereocenters. The smallest absolute Gasteiger partial charge is 0.243 e. The van der Waals surface area contributed by atoms with Crippen molar-refractivity contribution in [2.75, 3.05) is 0 Å². The first-order valence-electron chi connectivity index (χ1n) is 6.67. The van der Waals surface area contributed by atoms with Crippen molar-refractivity contribution in [2.45, 2.75) is 39.3 Å². The zero-order chi connectivity index (χ0) is 14.7. The first-order valence-corrected chi connectivity index (χ1v) is 6.67. The molecule has 1 N–H and O–H groups in total. The molecule has 0 aliphatic heterocycles. The van der Waals surface area contributed by atoms with Gasteiger partial charge in [0.25, 0.3) is 0 Å². The summed E-state index contributed by atoms with van der Waals surface area (Å²) in [5.74, 6) is 0.558. The molecule has 0 fully saturated rings. The van der Waals surface area contributed by atoms with Crippen LogP contribution in [0.4, 0.5) is 0 Å². The first-order chi connectivity index (χ1) is 9.54. The monoisotopic (exact) mass is 270 g/mol. The number of benzene rings is 1. The Kier molecular flexibility index (Phi) is 4.04. The number of nitriles is 1. The van der Waals surface area contributed by atoms with Crippen molar-refractivity contribution in [3.63, 3.8) is 0 Å². The minimum atomic E-state index is -0.395. The molecule has 1 atom stereocenters. The normalized spacial score (nSPS) is 12.3. The van der Waals surface area contributed by atoms with Gasteiger partial charge in [0, 0.05) is 6.04 Å². The Morgan fingerprint density at radius 3 is 2.75 bits per heavy atom. The lowest BCUT2D eigenvalue weighted by Gasteiger charge is -2.18. The topological polar surface area (TPSA) is 70.7 Å². The maximum absolute atomic E-state index is 12.2. The molecule has 0 saturated heterocycles. The molecule has 0 radical (unpaired) electrons. The number of nitrogens with zero attached hydrogens (tertiary/aromatic N) is 3. The molecular weight excluding hydrogens is 252 g/mol. The molecule has 0 saturated carbocycles. The summed E-state index contributed by atoms with van der Waals surface area (Å²) in [6, 6.07) is 9.40. The van der Waals surface area contributed by atoms with Crippen LogP contribution >= 0.6 is 0 Å². The molecule has 0 aliphatic carbocycles. The quantitative estimate of drug-likeness (QED) is 0.925. The van der Waals surface area contributed by atoms with Gasteiger partial charge in [0.1, 0.15) is 11.9 Å². The number of para-hydroxylation sites is 2. The number of hydrogen-bond donors (Lipinski definition) is 1. The number of carbonyl (C=O) groups is 1. The minimum absolute atomic E-state index is 0.0673. The Morgan fingerprint density at radius 1 is 1.40 bits per heavy atom. The molecule has 2 rings (SSSR count). The highest BCUT2D eigenvalue weighted by molar-refractivity contribution is 5.84. The van der Waals surface area contributed by atoms with Crippen LogP contribution in [-0.4, -0.2) is 21.5 Å². The van der Waals surface area contributed by atoms with Gasteiger partial charge in [-0.2, -0.15) is 5.26 Å². The number of imidazole rings is 1. The number of fused-ring (bicyclic) bond motifs is 1. The predicted octanol–water partition coefficient (Wildman–Crippen LogP) is 2.19. The van der Waals surface area contributed by atoms with Crippen LogP contribution in [0.3, 0.4) is 0 Å². The van der Waals surface area contributed by atoms with Crippen LogP contribution in [0, 0.1) is 11.3 Å². The molecule has 5 heteroatoms. The molecule has 104 valence electrons. The third-order valence-corrected chi connectivity index (χ3v) is 3.10. The molecular formula is C15H18N4O. The standard InChI is InChI=1S/C15H18N4O/c1-10(2)17-15(20)11(3)19-13-7-5-4-6-12(13)18-14(19)8-9-16/h4-7,10-11H,8H2,1-3H3,(H,17,20). The van der Waals surface area contributed by atoms with Crippen LogP contribution in [0.15, 0.2) is 24.3 Å². The maximum Gasteiger partial charge on any atom is 0.243 e. The van der Waals surface area contributed by atoms with Gasteiger partial charge in [-0.1, -0.05) is 12.1 Å². The summed E-state index contributed by atoms with van der Waals surface area (Å²) in [4.78, 5) is 16.7. The zero-order valence-corrected chi connectivity index (χ0v) is 11.9. The van der Waals surface area contributed by atoms with Crippen molar-refractivity contribution < 1.29 is 4.79 Å². The number of amides is 1. The van der Waals surface area contributed by atoms with Gasteiger partial charge in [0.2, 0.25) is 5.91 Å². The summed E-state index contributed by atoms with van der Waals surface area (Å²) in [6.07, 6.45) is 0.188. The highest BCUT2D eigenvalue weighted by Gasteiger charge is 2.21. The number of hydrogen-bond acceptors (Lipinski definition) is 3. The largest absolute Gasteiger partial charge is 0.352 e. The van der Waals surface area contributed by atoms with Crippen LogP contribution in [0.2, 0.25) is 0 Å². The summed E-state index contributed by atoms with van der Waals surface area (Å²) < 4.78 is 1.84. The van der Waals surface area contributed by atoms with E-state index in [9.17, 15) is 4.79 Å². The molecule has 0 spiro atoms. The van der Waals surface area contributed by atoms with E-state index in [0.717, 1.165) is 11.0 Å². The zero-order valence-electron chi connectivity index (χ0n) is 11.9. The second-order valence-electron chi connectivity index (χ2n) is 5.06. The summed E-state index contributed by atoms with van der Waals surface area (Å²) >= 11 is 0. The molecule has 0 aliphatic rings. The molecule has 20 heavy (non-hydrogen) atoms. The molecule has 5 nitrogen and oxygen atoms in total. The Bertz CT molecular complexity index is 666. The average molecular weight is 270 g/mol. The third-order valence-electron chi connectivity index (χ3n) is 3.10. The van der Waals surface area contributed by atoms with Gasteiger partial charge in [0.15, 0.2) is 0 Å². The van der Waals surface area contributed by atoms with Crippen molar-refractivity contribution in [3.05, 3.63) is 30.1 Å². The SMILES string of the molecule is CC(C)NC(=O)C(C)n1c(CC#N)nc2ccccc21. The third kappa shape index (κ3) is 2.64. The highest BCUT2D eigenvalue weighted by Crippen LogP contribution is 2.21. The second kappa shape index (κ2) is 5.74. The van der Waals surface area contributed by atoms with Gasteiger partial charge in [-0.15, -0.1) is 0 Å². The van der Waals surface area contributed by atoms with Gasteiger partial charge in [0.05, 0.1) is 23.5 Å². The molecule has 0 bridgehead atoms. The van der Waals surface area contributed by atoms with Gasteiger partial charge < -0.3 is 9.88 Å². The highest BCUT2D eigenvalue weighted by atomic mass is 16.2. The lowest BCUT2D eigenvalue weighted by Crippen LogP contribution is -2.36. The predicted molar refractivity (Wildman–Crippen MR) is 77.0 cm³/mol.